The quantitative estimate of drug-likeness (QED) is 0.694. The Bertz CT molecular complexity index is 464. The molecule has 2 aromatic heterocycles. The summed E-state index contributed by atoms with van der Waals surface area (Å²) in [6, 6.07) is 7.34. The highest BCUT2D eigenvalue weighted by Gasteiger charge is 1.96. The molecule has 2 rings (SSSR count). The molecule has 0 fully saturated rings. The van der Waals surface area contributed by atoms with Crippen LogP contribution in [0.25, 0.3) is 0 Å². The summed E-state index contributed by atoms with van der Waals surface area (Å²) in [4.78, 5) is 19.0. The molecule has 0 aromatic carbocycles. The molecule has 4 nitrogen and oxygen atoms in total. The Morgan fingerprint density at radius 2 is 2.00 bits per heavy atom. The van der Waals surface area contributed by atoms with E-state index in [1.807, 2.05) is 18.2 Å². The van der Waals surface area contributed by atoms with Crippen LogP contribution in [0.1, 0.15) is 5.69 Å². The maximum absolute atomic E-state index is 11.2. The summed E-state index contributed by atoms with van der Waals surface area (Å²) in [5, 5.41) is 0. The fourth-order valence-electron chi connectivity index (χ4n) is 1.17. The van der Waals surface area contributed by atoms with Crippen LogP contribution in [-0.2, 0) is 6.54 Å². The molecule has 0 unspecified atom stereocenters. The highest BCUT2D eigenvalue weighted by atomic mass is 16.1. The molecule has 0 N–H and O–H groups in total. The second kappa shape index (κ2) is 3.83. The van der Waals surface area contributed by atoms with Crippen molar-refractivity contribution in [1.29, 1.82) is 0 Å². The molecular formula is C10H9N3O. The fourth-order valence-corrected chi connectivity index (χ4v) is 1.17. The van der Waals surface area contributed by atoms with E-state index in [2.05, 4.69) is 9.97 Å². The number of pyridine rings is 1. The third-order valence-electron chi connectivity index (χ3n) is 1.84. The van der Waals surface area contributed by atoms with Crippen LogP contribution in [0.15, 0.2) is 47.7 Å². The first-order chi connectivity index (χ1) is 6.86. The van der Waals surface area contributed by atoms with Crippen molar-refractivity contribution in [2.75, 3.05) is 0 Å². The van der Waals surface area contributed by atoms with E-state index < -0.39 is 0 Å². The van der Waals surface area contributed by atoms with E-state index in [1.54, 1.807) is 18.5 Å². The molecule has 0 amide bonds. The molecule has 0 aliphatic carbocycles. The lowest BCUT2D eigenvalue weighted by atomic mass is 10.3. The molecular weight excluding hydrogens is 178 g/mol. The SMILES string of the molecule is O=c1ncccn1Cc1ccccn1. The summed E-state index contributed by atoms with van der Waals surface area (Å²) in [6.45, 7) is 0.466. The van der Waals surface area contributed by atoms with Gasteiger partial charge in [-0.1, -0.05) is 6.07 Å². The lowest BCUT2D eigenvalue weighted by molar-refractivity contribution is 0.711. The van der Waals surface area contributed by atoms with Gasteiger partial charge in [-0.3, -0.25) is 9.55 Å². The second-order valence-electron chi connectivity index (χ2n) is 2.85. The molecule has 14 heavy (non-hydrogen) atoms. The number of hydrogen-bond donors (Lipinski definition) is 0. The molecule has 0 aliphatic rings. The predicted octanol–water partition coefficient (Wildman–Crippen LogP) is 0.687. The van der Waals surface area contributed by atoms with E-state index >= 15 is 0 Å². The predicted molar refractivity (Wildman–Crippen MR) is 51.8 cm³/mol. The standard InChI is InChI=1S/C10H9N3O/c14-10-12-6-3-7-13(10)8-9-4-1-2-5-11-9/h1-7H,8H2. The van der Waals surface area contributed by atoms with Gasteiger partial charge in [-0.25, -0.2) is 9.78 Å². The highest BCUT2D eigenvalue weighted by molar-refractivity contribution is 5.04. The number of nitrogens with zero attached hydrogens (tertiary/aromatic N) is 3. The zero-order valence-electron chi connectivity index (χ0n) is 7.50. The van der Waals surface area contributed by atoms with E-state index in [0.717, 1.165) is 5.69 Å². The van der Waals surface area contributed by atoms with Crippen molar-refractivity contribution in [3.8, 4) is 0 Å². The van der Waals surface area contributed by atoms with Gasteiger partial charge in [0.1, 0.15) is 0 Å². The van der Waals surface area contributed by atoms with Crippen molar-refractivity contribution in [3.05, 3.63) is 59.0 Å². The number of hydrogen-bond acceptors (Lipinski definition) is 3. The van der Waals surface area contributed by atoms with E-state index in [-0.39, 0.29) is 5.69 Å². The zero-order chi connectivity index (χ0) is 9.80. The zero-order valence-corrected chi connectivity index (χ0v) is 7.50. The Hall–Kier alpha value is -1.97. The van der Waals surface area contributed by atoms with Gasteiger partial charge in [0.15, 0.2) is 0 Å². The molecule has 70 valence electrons. The van der Waals surface area contributed by atoms with Gasteiger partial charge < -0.3 is 0 Å². The molecule has 0 spiro atoms. The van der Waals surface area contributed by atoms with Gasteiger partial charge in [-0.15, -0.1) is 0 Å². The van der Waals surface area contributed by atoms with Gasteiger partial charge in [0.05, 0.1) is 12.2 Å². The number of aromatic nitrogens is 3. The van der Waals surface area contributed by atoms with Crippen molar-refractivity contribution in [3.63, 3.8) is 0 Å². The Morgan fingerprint density at radius 3 is 2.71 bits per heavy atom. The monoisotopic (exact) mass is 187 g/mol. The Labute approximate surface area is 80.9 Å². The van der Waals surface area contributed by atoms with Crippen LogP contribution in [0, 0.1) is 0 Å². The van der Waals surface area contributed by atoms with Crippen molar-refractivity contribution in [2.24, 2.45) is 0 Å². The van der Waals surface area contributed by atoms with Crippen molar-refractivity contribution >= 4 is 0 Å². The summed E-state index contributed by atoms with van der Waals surface area (Å²) in [7, 11) is 0. The molecule has 0 saturated carbocycles. The molecule has 0 aliphatic heterocycles. The molecule has 2 aromatic rings. The molecule has 2 heterocycles. The molecule has 4 heteroatoms. The largest absolute Gasteiger partial charge is 0.347 e. The van der Waals surface area contributed by atoms with Gasteiger partial charge >= 0.3 is 5.69 Å². The minimum atomic E-state index is -0.252. The summed E-state index contributed by atoms with van der Waals surface area (Å²) in [6.07, 6.45) is 4.89. The minimum Gasteiger partial charge on any atom is -0.293 e. The molecule has 0 atom stereocenters. The van der Waals surface area contributed by atoms with Crippen LogP contribution in [0.2, 0.25) is 0 Å². The summed E-state index contributed by atoms with van der Waals surface area (Å²) in [5.74, 6) is 0. The summed E-state index contributed by atoms with van der Waals surface area (Å²) < 4.78 is 1.52. The first-order valence-electron chi connectivity index (χ1n) is 4.27. The second-order valence-corrected chi connectivity index (χ2v) is 2.85. The van der Waals surface area contributed by atoms with Crippen LogP contribution in [0.5, 0.6) is 0 Å². The minimum absolute atomic E-state index is 0.252. The van der Waals surface area contributed by atoms with Gasteiger partial charge in [-0.2, -0.15) is 0 Å². The van der Waals surface area contributed by atoms with Gasteiger partial charge in [0, 0.05) is 18.6 Å². The van der Waals surface area contributed by atoms with Gasteiger partial charge in [-0.05, 0) is 18.2 Å². The first kappa shape index (κ1) is 8.62. The summed E-state index contributed by atoms with van der Waals surface area (Å²) in [5.41, 5.74) is 0.598. The normalized spacial score (nSPS) is 10.0. The van der Waals surface area contributed by atoms with E-state index in [0.29, 0.717) is 6.54 Å². The first-order valence-corrected chi connectivity index (χ1v) is 4.27. The van der Waals surface area contributed by atoms with Gasteiger partial charge in [0.25, 0.3) is 0 Å². The van der Waals surface area contributed by atoms with E-state index in [4.69, 9.17) is 0 Å². The van der Waals surface area contributed by atoms with Crippen molar-refractivity contribution in [2.45, 2.75) is 6.54 Å². The van der Waals surface area contributed by atoms with Crippen LogP contribution in [0.3, 0.4) is 0 Å². The van der Waals surface area contributed by atoms with Gasteiger partial charge in [0.2, 0.25) is 0 Å². The van der Waals surface area contributed by atoms with Crippen LogP contribution < -0.4 is 5.69 Å². The lowest BCUT2D eigenvalue weighted by Gasteiger charge is -2.02. The van der Waals surface area contributed by atoms with E-state index in [1.165, 1.54) is 10.8 Å². The Morgan fingerprint density at radius 1 is 1.14 bits per heavy atom. The molecule has 0 radical (unpaired) electrons. The fraction of sp³-hybridized carbons (Fsp3) is 0.100. The summed E-state index contributed by atoms with van der Waals surface area (Å²) >= 11 is 0. The smallest absolute Gasteiger partial charge is 0.293 e. The number of rotatable bonds is 2. The maximum Gasteiger partial charge on any atom is 0.347 e. The average molecular weight is 187 g/mol. The van der Waals surface area contributed by atoms with Crippen molar-refractivity contribution in [1.82, 2.24) is 14.5 Å². The van der Waals surface area contributed by atoms with Crippen LogP contribution >= 0.6 is 0 Å². The molecule has 0 saturated heterocycles. The average Bonchev–Trinajstić information content (AvgIpc) is 2.23. The third-order valence-corrected chi connectivity index (χ3v) is 1.84. The Kier molecular flexibility index (Phi) is 2.36. The third kappa shape index (κ3) is 1.85. The maximum atomic E-state index is 11.2. The van der Waals surface area contributed by atoms with Crippen molar-refractivity contribution < 1.29 is 0 Å². The molecule has 0 bridgehead atoms. The lowest BCUT2D eigenvalue weighted by Crippen LogP contribution is -2.22. The van der Waals surface area contributed by atoms with E-state index in [9.17, 15) is 4.79 Å². The van der Waals surface area contributed by atoms with Crippen LogP contribution in [-0.4, -0.2) is 14.5 Å². The van der Waals surface area contributed by atoms with Crippen LogP contribution in [0.4, 0.5) is 0 Å². The topological polar surface area (TPSA) is 47.8 Å². The highest BCUT2D eigenvalue weighted by Crippen LogP contribution is 1.94. The Balaban J connectivity index is 2.28.